The summed E-state index contributed by atoms with van der Waals surface area (Å²) in [5, 5.41) is 3.21. The van der Waals surface area contributed by atoms with Crippen LogP contribution < -0.4 is 10.2 Å². The summed E-state index contributed by atoms with van der Waals surface area (Å²) in [5.74, 6) is -0.276. The number of carbonyl (C=O) groups is 3. The summed E-state index contributed by atoms with van der Waals surface area (Å²) in [5.41, 5.74) is 1.72. The maximum absolute atomic E-state index is 14.0. The van der Waals surface area contributed by atoms with E-state index in [0.717, 1.165) is 70.0 Å². The van der Waals surface area contributed by atoms with Gasteiger partial charge in [0.2, 0.25) is 5.91 Å². The number of rotatable bonds is 7. The van der Waals surface area contributed by atoms with Gasteiger partial charge in [-0.3, -0.25) is 19.3 Å². The van der Waals surface area contributed by atoms with Gasteiger partial charge in [0.15, 0.2) is 5.78 Å². The van der Waals surface area contributed by atoms with Crippen molar-refractivity contribution in [1.29, 1.82) is 0 Å². The molecule has 2 amide bonds. The number of hydrogen-bond acceptors (Lipinski definition) is 7. The molecule has 9 heteroatoms. The largest absolute Gasteiger partial charge is 0.369 e. The van der Waals surface area contributed by atoms with Crippen molar-refractivity contribution >= 4 is 35.0 Å². The SMILES string of the molecule is CS[C@H]1CN(C(=O)[C@@H](NC(=O)c2ccc(N3CCN(C4CCC4)CC3)cc2)C2CCCCC2)[C@@H]2C(=O)CO[C@H]12. The summed E-state index contributed by atoms with van der Waals surface area (Å²) in [4.78, 5) is 46.9. The molecule has 0 unspecified atom stereocenters. The van der Waals surface area contributed by atoms with E-state index in [-0.39, 0.29) is 41.5 Å². The standard InChI is InChI=1S/C30H42N4O4S/c1-39-25-18-34(27-24(35)19-38-28(25)27)30(37)26(20-6-3-2-4-7-20)31-29(36)21-10-12-23(13-11-21)33-16-14-32(15-17-33)22-8-5-9-22/h10-13,20,22,25-28H,2-9,14-19H2,1H3,(H,31,36)/t25-,26-,27+,28+/m0/s1. The van der Waals surface area contributed by atoms with E-state index < -0.39 is 12.1 Å². The monoisotopic (exact) mass is 554 g/mol. The third-order valence-corrected chi connectivity index (χ3v) is 10.8. The highest BCUT2D eigenvalue weighted by Gasteiger charge is 2.53. The Morgan fingerprint density at radius 3 is 2.33 bits per heavy atom. The maximum Gasteiger partial charge on any atom is 0.251 e. The van der Waals surface area contributed by atoms with E-state index in [1.807, 2.05) is 30.5 Å². The number of benzene rings is 1. The van der Waals surface area contributed by atoms with Crippen molar-refractivity contribution in [2.75, 3.05) is 50.5 Å². The van der Waals surface area contributed by atoms with Crippen LogP contribution in [-0.2, 0) is 14.3 Å². The van der Waals surface area contributed by atoms with Gasteiger partial charge in [0.1, 0.15) is 18.7 Å². The molecule has 3 heterocycles. The molecule has 5 aliphatic rings. The molecule has 0 aromatic heterocycles. The van der Waals surface area contributed by atoms with Gasteiger partial charge in [-0.2, -0.15) is 11.8 Å². The molecule has 4 atom stereocenters. The van der Waals surface area contributed by atoms with Gasteiger partial charge in [-0.05, 0) is 62.1 Å². The molecule has 0 spiro atoms. The molecule has 39 heavy (non-hydrogen) atoms. The van der Waals surface area contributed by atoms with Crippen LogP contribution in [0.15, 0.2) is 24.3 Å². The number of ketones is 1. The highest BCUT2D eigenvalue weighted by molar-refractivity contribution is 7.99. The maximum atomic E-state index is 14.0. The minimum atomic E-state index is -0.619. The molecule has 0 bridgehead atoms. The van der Waals surface area contributed by atoms with Gasteiger partial charge >= 0.3 is 0 Å². The molecule has 2 saturated carbocycles. The number of likely N-dealkylation sites (tertiary alicyclic amines) is 1. The Balaban J connectivity index is 1.13. The number of thioether (sulfide) groups is 1. The van der Waals surface area contributed by atoms with Crippen LogP contribution in [0, 0.1) is 5.92 Å². The van der Waals surface area contributed by atoms with Crippen molar-refractivity contribution in [1.82, 2.24) is 15.1 Å². The van der Waals surface area contributed by atoms with E-state index in [2.05, 4.69) is 15.1 Å². The fourth-order valence-corrected chi connectivity index (χ4v) is 8.02. The number of fused-ring (bicyclic) bond motifs is 1. The summed E-state index contributed by atoms with van der Waals surface area (Å²) < 4.78 is 5.78. The molecular formula is C30H42N4O4S. The Kier molecular flexibility index (Phi) is 8.19. The second kappa shape index (κ2) is 11.8. The zero-order valence-electron chi connectivity index (χ0n) is 23.1. The minimum absolute atomic E-state index is 0.0253. The normalized spacial score (nSPS) is 29.3. The first-order valence-corrected chi connectivity index (χ1v) is 16.2. The van der Waals surface area contributed by atoms with Crippen LogP contribution in [0.4, 0.5) is 5.69 Å². The number of carbonyl (C=O) groups excluding carboxylic acids is 3. The molecule has 3 saturated heterocycles. The van der Waals surface area contributed by atoms with Crippen molar-refractivity contribution in [2.45, 2.75) is 80.8 Å². The van der Waals surface area contributed by atoms with Gasteiger partial charge in [0.05, 0.1) is 11.4 Å². The van der Waals surface area contributed by atoms with E-state index in [4.69, 9.17) is 4.74 Å². The highest BCUT2D eigenvalue weighted by atomic mass is 32.2. The van der Waals surface area contributed by atoms with Gasteiger partial charge in [0.25, 0.3) is 5.91 Å². The predicted molar refractivity (Wildman–Crippen MR) is 153 cm³/mol. The molecule has 0 radical (unpaired) electrons. The van der Waals surface area contributed by atoms with Gasteiger partial charge in [-0.25, -0.2) is 0 Å². The lowest BCUT2D eigenvalue weighted by Crippen LogP contribution is -2.55. The van der Waals surface area contributed by atoms with Crippen LogP contribution in [0.25, 0.3) is 0 Å². The van der Waals surface area contributed by atoms with Gasteiger partial charge in [-0.15, -0.1) is 0 Å². The number of amides is 2. The van der Waals surface area contributed by atoms with Crippen molar-refractivity contribution in [3.63, 3.8) is 0 Å². The van der Waals surface area contributed by atoms with Crippen LogP contribution >= 0.6 is 11.8 Å². The molecule has 1 aromatic rings. The van der Waals surface area contributed by atoms with Crippen LogP contribution in [0.3, 0.4) is 0 Å². The van der Waals surface area contributed by atoms with E-state index in [1.54, 1.807) is 16.7 Å². The molecule has 212 valence electrons. The van der Waals surface area contributed by atoms with E-state index in [9.17, 15) is 14.4 Å². The number of piperazine rings is 1. The van der Waals surface area contributed by atoms with Gasteiger partial charge in [-0.1, -0.05) is 25.7 Å². The number of anilines is 1. The smallest absolute Gasteiger partial charge is 0.251 e. The second-order valence-corrected chi connectivity index (χ2v) is 13.0. The Morgan fingerprint density at radius 2 is 1.69 bits per heavy atom. The number of nitrogens with zero attached hydrogens (tertiary/aromatic N) is 3. The zero-order chi connectivity index (χ0) is 26.9. The minimum Gasteiger partial charge on any atom is -0.369 e. The summed E-state index contributed by atoms with van der Waals surface area (Å²) in [6.07, 6.45) is 10.9. The van der Waals surface area contributed by atoms with Crippen molar-refractivity contribution in [2.24, 2.45) is 5.92 Å². The van der Waals surface area contributed by atoms with Crippen molar-refractivity contribution in [3.8, 4) is 0 Å². The third-order valence-electron chi connectivity index (χ3n) is 9.80. The Hall–Kier alpha value is -2.10. The predicted octanol–water partition coefficient (Wildman–Crippen LogP) is 2.95. The Bertz CT molecular complexity index is 1050. The summed E-state index contributed by atoms with van der Waals surface area (Å²) in [6.45, 7) is 4.78. The lowest BCUT2D eigenvalue weighted by Gasteiger charge is -2.43. The number of nitrogens with one attached hydrogen (secondary N) is 1. The van der Waals surface area contributed by atoms with Crippen LogP contribution in [0.2, 0.25) is 0 Å². The molecule has 6 rings (SSSR count). The lowest BCUT2D eigenvalue weighted by atomic mass is 9.83. The molecule has 5 fully saturated rings. The summed E-state index contributed by atoms with van der Waals surface area (Å²) in [7, 11) is 0. The fraction of sp³-hybridized carbons (Fsp3) is 0.700. The highest BCUT2D eigenvalue weighted by Crippen LogP contribution is 2.36. The molecule has 1 N–H and O–H groups in total. The molecule has 1 aromatic carbocycles. The van der Waals surface area contributed by atoms with Gasteiger partial charge in [0, 0.05) is 50.0 Å². The molecular weight excluding hydrogens is 512 g/mol. The molecule has 2 aliphatic carbocycles. The summed E-state index contributed by atoms with van der Waals surface area (Å²) >= 11 is 1.64. The Labute approximate surface area is 236 Å². The number of hydrogen-bond donors (Lipinski definition) is 1. The molecule has 3 aliphatic heterocycles. The number of Topliss-reactive ketones (excluding diaryl/α,β-unsaturated/α-hetero) is 1. The van der Waals surface area contributed by atoms with Crippen molar-refractivity contribution in [3.05, 3.63) is 29.8 Å². The van der Waals surface area contributed by atoms with Crippen LogP contribution in [0.5, 0.6) is 0 Å². The quantitative estimate of drug-likeness (QED) is 0.555. The average Bonchev–Trinajstić information content (AvgIpc) is 3.51. The van der Waals surface area contributed by atoms with E-state index >= 15 is 0 Å². The summed E-state index contributed by atoms with van der Waals surface area (Å²) in [6, 6.07) is 7.48. The second-order valence-electron chi connectivity index (χ2n) is 12.0. The first-order valence-electron chi connectivity index (χ1n) is 14.9. The molecule has 8 nitrogen and oxygen atoms in total. The fourth-order valence-electron chi connectivity index (χ4n) is 7.22. The van der Waals surface area contributed by atoms with Crippen LogP contribution in [0.1, 0.15) is 61.7 Å². The first-order chi connectivity index (χ1) is 19.0. The van der Waals surface area contributed by atoms with E-state index in [0.29, 0.717) is 12.1 Å². The van der Waals surface area contributed by atoms with Gasteiger partial charge < -0.3 is 19.9 Å². The first kappa shape index (κ1) is 27.1. The van der Waals surface area contributed by atoms with Crippen molar-refractivity contribution < 1.29 is 19.1 Å². The topological polar surface area (TPSA) is 82.2 Å². The average molecular weight is 555 g/mol. The van der Waals surface area contributed by atoms with E-state index in [1.165, 1.54) is 19.3 Å². The van der Waals surface area contributed by atoms with Crippen LogP contribution in [-0.4, -0.2) is 102 Å². The Morgan fingerprint density at radius 1 is 0.974 bits per heavy atom. The lowest BCUT2D eigenvalue weighted by molar-refractivity contribution is -0.139. The zero-order valence-corrected chi connectivity index (χ0v) is 23.9. The number of ether oxygens (including phenoxy) is 1. The third kappa shape index (κ3) is 5.46.